The first kappa shape index (κ1) is 21.0. The Labute approximate surface area is 173 Å². The van der Waals surface area contributed by atoms with Crippen LogP contribution in [0.25, 0.3) is 0 Å². The zero-order chi connectivity index (χ0) is 21.8. The van der Waals surface area contributed by atoms with E-state index >= 15 is 0 Å². The van der Waals surface area contributed by atoms with E-state index in [1.165, 1.54) is 18.2 Å². The summed E-state index contributed by atoms with van der Waals surface area (Å²) in [7, 11) is 0. The molecule has 1 aliphatic heterocycles. The average molecular weight is 410 g/mol. The Bertz CT molecular complexity index is 997. The number of anilines is 1. The first-order valence-corrected chi connectivity index (χ1v) is 9.54. The first-order chi connectivity index (χ1) is 14.3. The largest absolute Gasteiger partial charge is 0.494 e. The van der Waals surface area contributed by atoms with E-state index in [2.05, 4.69) is 5.32 Å². The van der Waals surface area contributed by atoms with Gasteiger partial charge in [0.1, 0.15) is 5.75 Å². The fraction of sp³-hybridized carbons (Fsp3) is 0.273. The van der Waals surface area contributed by atoms with Crippen LogP contribution in [0.2, 0.25) is 0 Å². The number of nitrogens with one attached hydrogen (secondary N) is 1. The lowest BCUT2D eigenvalue weighted by molar-refractivity contribution is -0.124. The Morgan fingerprint density at radius 1 is 1.00 bits per heavy atom. The molecular weight excluding hydrogens is 388 g/mol. The van der Waals surface area contributed by atoms with Crippen molar-refractivity contribution in [2.75, 3.05) is 18.1 Å². The molecule has 2 aromatic rings. The van der Waals surface area contributed by atoms with E-state index in [0.717, 1.165) is 4.90 Å². The van der Waals surface area contributed by atoms with Gasteiger partial charge in [-0.1, -0.05) is 0 Å². The SMILES string of the molecule is CCOc1ccc(N2C(=O)c3ccc(C(=O)OCC(=O)NC(C)C)cc3C2=O)cc1. The standard InChI is InChI=1S/C22H22N2O6/c1-4-29-16-8-6-15(7-9-16)24-20(26)17-10-5-14(11-18(17)21(24)27)22(28)30-12-19(25)23-13(2)3/h5-11,13H,4,12H2,1-3H3,(H,23,25). The molecule has 3 rings (SSSR count). The van der Waals surface area contributed by atoms with E-state index < -0.39 is 30.3 Å². The van der Waals surface area contributed by atoms with Gasteiger partial charge in [0.2, 0.25) is 0 Å². The van der Waals surface area contributed by atoms with Crippen LogP contribution in [0.3, 0.4) is 0 Å². The van der Waals surface area contributed by atoms with Crippen LogP contribution < -0.4 is 15.0 Å². The number of amides is 3. The summed E-state index contributed by atoms with van der Waals surface area (Å²) in [5, 5.41) is 2.61. The van der Waals surface area contributed by atoms with Gasteiger partial charge in [0.25, 0.3) is 17.7 Å². The summed E-state index contributed by atoms with van der Waals surface area (Å²) in [6, 6.07) is 10.6. The fourth-order valence-corrected chi connectivity index (χ4v) is 3.04. The Morgan fingerprint density at radius 2 is 1.67 bits per heavy atom. The van der Waals surface area contributed by atoms with Crippen molar-refractivity contribution in [1.29, 1.82) is 0 Å². The minimum Gasteiger partial charge on any atom is -0.494 e. The van der Waals surface area contributed by atoms with Crippen LogP contribution in [-0.4, -0.2) is 42.9 Å². The molecule has 8 heteroatoms. The zero-order valence-corrected chi connectivity index (χ0v) is 16.9. The average Bonchev–Trinajstić information content (AvgIpc) is 2.96. The van der Waals surface area contributed by atoms with E-state index in [9.17, 15) is 19.2 Å². The van der Waals surface area contributed by atoms with Gasteiger partial charge in [0, 0.05) is 6.04 Å². The van der Waals surface area contributed by atoms with Gasteiger partial charge in [-0.15, -0.1) is 0 Å². The number of hydrogen-bond donors (Lipinski definition) is 1. The Kier molecular flexibility index (Phi) is 6.15. The molecule has 8 nitrogen and oxygen atoms in total. The summed E-state index contributed by atoms with van der Waals surface area (Å²) < 4.78 is 10.4. The summed E-state index contributed by atoms with van der Waals surface area (Å²) in [6.07, 6.45) is 0. The minimum atomic E-state index is -0.753. The van der Waals surface area contributed by atoms with Gasteiger partial charge in [0.15, 0.2) is 6.61 Å². The second-order valence-corrected chi connectivity index (χ2v) is 6.93. The number of nitrogens with zero attached hydrogens (tertiary/aromatic N) is 1. The molecule has 0 atom stereocenters. The van der Waals surface area contributed by atoms with Gasteiger partial charge in [-0.2, -0.15) is 0 Å². The summed E-state index contributed by atoms with van der Waals surface area (Å²) in [4.78, 5) is 50.5. The number of hydrogen-bond acceptors (Lipinski definition) is 6. The van der Waals surface area contributed by atoms with E-state index in [1.54, 1.807) is 38.1 Å². The molecular formula is C22H22N2O6. The van der Waals surface area contributed by atoms with Crippen LogP contribution in [0.5, 0.6) is 5.75 Å². The number of benzene rings is 2. The number of fused-ring (bicyclic) bond motifs is 1. The lowest BCUT2D eigenvalue weighted by Gasteiger charge is -2.14. The van der Waals surface area contributed by atoms with Crippen LogP contribution >= 0.6 is 0 Å². The molecule has 1 heterocycles. The smallest absolute Gasteiger partial charge is 0.338 e. The molecule has 0 bridgehead atoms. The van der Waals surface area contributed by atoms with Crippen LogP contribution in [-0.2, 0) is 9.53 Å². The van der Waals surface area contributed by atoms with E-state index in [1.807, 2.05) is 6.92 Å². The maximum Gasteiger partial charge on any atom is 0.338 e. The van der Waals surface area contributed by atoms with E-state index in [4.69, 9.17) is 9.47 Å². The van der Waals surface area contributed by atoms with Crippen LogP contribution in [0.1, 0.15) is 51.8 Å². The first-order valence-electron chi connectivity index (χ1n) is 9.54. The molecule has 0 unspecified atom stereocenters. The van der Waals surface area contributed by atoms with Crippen molar-refractivity contribution in [1.82, 2.24) is 5.32 Å². The highest BCUT2D eigenvalue weighted by Crippen LogP contribution is 2.30. The molecule has 1 N–H and O–H groups in total. The van der Waals surface area contributed by atoms with Crippen molar-refractivity contribution in [2.45, 2.75) is 26.8 Å². The third-order valence-electron chi connectivity index (χ3n) is 4.31. The third kappa shape index (κ3) is 4.32. The topological polar surface area (TPSA) is 102 Å². The molecule has 1 aliphatic rings. The van der Waals surface area contributed by atoms with Gasteiger partial charge < -0.3 is 14.8 Å². The van der Waals surface area contributed by atoms with Crippen LogP contribution in [0.4, 0.5) is 5.69 Å². The monoisotopic (exact) mass is 410 g/mol. The van der Waals surface area contributed by atoms with Crippen molar-refractivity contribution in [3.8, 4) is 5.75 Å². The zero-order valence-electron chi connectivity index (χ0n) is 16.9. The number of carbonyl (C=O) groups excluding carboxylic acids is 4. The number of ether oxygens (including phenoxy) is 2. The summed E-state index contributed by atoms with van der Waals surface area (Å²) in [6.45, 7) is 5.51. The number of esters is 1. The second-order valence-electron chi connectivity index (χ2n) is 6.93. The highest BCUT2D eigenvalue weighted by Gasteiger charge is 2.37. The van der Waals surface area contributed by atoms with Gasteiger partial charge in [-0.05, 0) is 63.2 Å². The molecule has 0 aromatic heterocycles. The van der Waals surface area contributed by atoms with Crippen LogP contribution in [0, 0.1) is 0 Å². The highest BCUT2D eigenvalue weighted by atomic mass is 16.5. The molecule has 0 saturated heterocycles. The highest BCUT2D eigenvalue weighted by molar-refractivity contribution is 6.34. The van der Waals surface area contributed by atoms with Crippen molar-refractivity contribution in [3.05, 3.63) is 59.2 Å². The second kappa shape index (κ2) is 8.77. The number of rotatable bonds is 7. The quantitative estimate of drug-likeness (QED) is 0.556. The Morgan fingerprint density at radius 3 is 2.30 bits per heavy atom. The fourth-order valence-electron chi connectivity index (χ4n) is 3.04. The molecule has 0 radical (unpaired) electrons. The van der Waals surface area contributed by atoms with Crippen molar-refractivity contribution >= 4 is 29.4 Å². The van der Waals surface area contributed by atoms with Gasteiger partial charge in [-0.3, -0.25) is 14.4 Å². The summed E-state index contributed by atoms with van der Waals surface area (Å²) in [5.74, 6) is -1.56. The maximum atomic E-state index is 12.8. The molecule has 0 aliphatic carbocycles. The maximum absolute atomic E-state index is 12.8. The van der Waals surface area contributed by atoms with E-state index in [-0.39, 0.29) is 22.7 Å². The Balaban J connectivity index is 1.76. The van der Waals surface area contributed by atoms with Gasteiger partial charge >= 0.3 is 5.97 Å². The number of carbonyl (C=O) groups is 4. The summed E-state index contributed by atoms with van der Waals surface area (Å²) in [5.41, 5.74) is 0.790. The molecule has 30 heavy (non-hydrogen) atoms. The molecule has 156 valence electrons. The number of imide groups is 1. The lowest BCUT2D eigenvalue weighted by atomic mass is 10.1. The lowest BCUT2D eigenvalue weighted by Crippen LogP contribution is -2.34. The normalized spacial score (nSPS) is 12.7. The van der Waals surface area contributed by atoms with Crippen LogP contribution in [0.15, 0.2) is 42.5 Å². The predicted octanol–water partition coefficient (Wildman–Crippen LogP) is 2.57. The molecule has 0 saturated carbocycles. The minimum absolute atomic E-state index is 0.0755. The predicted molar refractivity (Wildman–Crippen MR) is 109 cm³/mol. The molecule has 0 spiro atoms. The van der Waals surface area contributed by atoms with Gasteiger partial charge in [0.05, 0.1) is 29.0 Å². The van der Waals surface area contributed by atoms with Crippen molar-refractivity contribution in [2.24, 2.45) is 0 Å². The van der Waals surface area contributed by atoms with Crippen molar-refractivity contribution in [3.63, 3.8) is 0 Å². The molecule has 3 amide bonds. The third-order valence-corrected chi connectivity index (χ3v) is 4.31. The summed E-state index contributed by atoms with van der Waals surface area (Å²) >= 11 is 0. The van der Waals surface area contributed by atoms with Gasteiger partial charge in [-0.25, -0.2) is 9.69 Å². The van der Waals surface area contributed by atoms with E-state index in [0.29, 0.717) is 18.0 Å². The Hall–Kier alpha value is -3.68. The molecule has 2 aromatic carbocycles. The van der Waals surface area contributed by atoms with Crippen molar-refractivity contribution < 1.29 is 28.7 Å². The molecule has 0 fully saturated rings.